The van der Waals surface area contributed by atoms with E-state index >= 15 is 0 Å². The van der Waals surface area contributed by atoms with Crippen LogP contribution in [0.1, 0.15) is 30.2 Å². The number of aromatic nitrogens is 1. The van der Waals surface area contributed by atoms with Crippen LogP contribution in [0.3, 0.4) is 0 Å². The molecule has 9 heteroatoms. The number of ether oxygens (including phenoxy) is 1. The molecule has 0 spiro atoms. The van der Waals surface area contributed by atoms with Gasteiger partial charge in [-0.25, -0.2) is 8.42 Å². The van der Waals surface area contributed by atoms with E-state index in [1.54, 1.807) is 7.11 Å². The predicted octanol–water partition coefficient (Wildman–Crippen LogP) is 2.42. The highest BCUT2D eigenvalue weighted by Crippen LogP contribution is 2.31. The van der Waals surface area contributed by atoms with Gasteiger partial charge in [-0.1, -0.05) is 6.92 Å². The molecule has 1 N–H and O–H groups in total. The Morgan fingerprint density at radius 3 is 2.52 bits per heavy atom. The number of carbonyl (C=O) groups excluding carboxylic acids is 1. The molecule has 1 atom stereocenters. The second kappa shape index (κ2) is 9.12. The van der Waals surface area contributed by atoms with E-state index in [0.29, 0.717) is 30.1 Å². The average Bonchev–Trinajstić information content (AvgIpc) is 3.22. The summed E-state index contributed by atoms with van der Waals surface area (Å²) in [6, 6.07) is 9.41. The third kappa shape index (κ3) is 4.75. The molecule has 31 heavy (non-hydrogen) atoms. The zero-order chi connectivity index (χ0) is 22.8. The number of hydrogen-bond acceptors (Lipinski definition) is 6. The van der Waals surface area contributed by atoms with Gasteiger partial charge in [0, 0.05) is 17.4 Å². The van der Waals surface area contributed by atoms with Gasteiger partial charge < -0.3 is 10.1 Å². The van der Waals surface area contributed by atoms with Gasteiger partial charge in [0.1, 0.15) is 17.6 Å². The summed E-state index contributed by atoms with van der Waals surface area (Å²) in [6.45, 7) is 6.29. The number of sulfone groups is 1. The summed E-state index contributed by atoms with van der Waals surface area (Å²) in [5, 5.41) is 12.6. The first-order valence-corrected chi connectivity index (χ1v) is 12.0. The summed E-state index contributed by atoms with van der Waals surface area (Å²) in [4.78, 5) is 14.8. The monoisotopic (exact) mass is 444 g/mol. The minimum absolute atomic E-state index is 0.0629. The number of nitrogens with one attached hydrogen (secondary N) is 1. The maximum Gasteiger partial charge on any atom is 0.239 e. The van der Waals surface area contributed by atoms with E-state index in [1.807, 2.05) is 54.5 Å². The highest BCUT2D eigenvalue weighted by atomic mass is 32.2. The fourth-order valence-electron chi connectivity index (χ4n) is 4.03. The molecule has 8 nitrogen and oxygen atoms in total. The van der Waals surface area contributed by atoms with Gasteiger partial charge >= 0.3 is 0 Å². The van der Waals surface area contributed by atoms with Crippen LogP contribution >= 0.6 is 0 Å². The molecule has 2 aromatic rings. The van der Waals surface area contributed by atoms with Gasteiger partial charge in [-0.2, -0.15) is 5.26 Å². The molecule has 1 fully saturated rings. The van der Waals surface area contributed by atoms with Crippen molar-refractivity contribution in [3.8, 4) is 17.5 Å². The first-order valence-electron chi connectivity index (χ1n) is 10.2. The van der Waals surface area contributed by atoms with E-state index in [9.17, 15) is 18.5 Å². The Balaban J connectivity index is 1.88. The third-order valence-electron chi connectivity index (χ3n) is 5.89. The Kier molecular flexibility index (Phi) is 6.72. The Labute approximate surface area is 183 Å². The van der Waals surface area contributed by atoms with Gasteiger partial charge in [-0.3, -0.25) is 14.3 Å². The van der Waals surface area contributed by atoms with Crippen molar-refractivity contribution in [1.82, 2.24) is 9.47 Å². The second-order valence-corrected chi connectivity index (χ2v) is 9.98. The van der Waals surface area contributed by atoms with Gasteiger partial charge in [0.25, 0.3) is 0 Å². The lowest BCUT2D eigenvalue weighted by Gasteiger charge is -2.26. The topological polar surface area (TPSA) is 104 Å². The molecule has 0 unspecified atom stereocenters. The van der Waals surface area contributed by atoms with E-state index in [0.717, 1.165) is 16.9 Å². The van der Waals surface area contributed by atoms with E-state index in [-0.39, 0.29) is 30.0 Å². The lowest BCUT2D eigenvalue weighted by molar-refractivity contribution is -0.117. The zero-order valence-corrected chi connectivity index (χ0v) is 19.1. The molecule has 0 saturated carbocycles. The molecular weight excluding hydrogens is 416 g/mol. The molecule has 2 heterocycles. The molecule has 1 saturated heterocycles. The predicted molar refractivity (Wildman–Crippen MR) is 119 cm³/mol. The Bertz CT molecular complexity index is 1110. The quantitative estimate of drug-likeness (QED) is 0.703. The minimum atomic E-state index is -3.04. The normalized spacial score (nSPS) is 17.5. The molecule has 1 aliphatic heterocycles. The highest BCUT2D eigenvalue weighted by molar-refractivity contribution is 7.91. The van der Waals surface area contributed by atoms with Gasteiger partial charge in [-0.05, 0) is 56.6 Å². The number of likely N-dealkylation sites (N-methyl/N-ethyl adjacent to an activating group) is 1. The largest absolute Gasteiger partial charge is 0.497 e. The summed E-state index contributed by atoms with van der Waals surface area (Å²) >= 11 is 0. The van der Waals surface area contributed by atoms with Gasteiger partial charge in [0.2, 0.25) is 5.91 Å². The lowest BCUT2D eigenvalue weighted by Crippen LogP contribution is -2.41. The van der Waals surface area contributed by atoms with Crippen LogP contribution in [0, 0.1) is 25.2 Å². The number of nitriles is 1. The average molecular weight is 445 g/mol. The first-order chi connectivity index (χ1) is 14.7. The Morgan fingerprint density at radius 1 is 1.32 bits per heavy atom. The van der Waals surface area contributed by atoms with E-state index < -0.39 is 9.84 Å². The summed E-state index contributed by atoms with van der Waals surface area (Å²) in [5.41, 5.74) is 2.86. The number of benzene rings is 1. The molecule has 3 rings (SSSR count). The molecule has 0 bridgehead atoms. The van der Waals surface area contributed by atoms with Crippen molar-refractivity contribution in [1.29, 1.82) is 5.26 Å². The fraction of sp³-hybridized carbons (Fsp3) is 0.455. The highest BCUT2D eigenvalue weighted by Gasteiger charge is 2.32. The molecule has 1 aromatic carbocycles. The van der Waals surface area contributed by atoms with E-state index in [1.165, 1.54) is 0 Å². The van der Waals surface area contributed by atoms with Crippen molar-refractivity contribution in [3.63, 3.8) is 0 Å². The van der Waals surface area contributed by atoms with Gasteiger partial charge in [0.05, 0.1) is 30.7 Å². The fourth-order valence-corrected chi connectivity index (χ4v) is 5.80. The number of rotatable bonds is 7. The van der Waals surface area contributed by atoms with Crippen LogP contribution in [-0.4, -0.2) is 61.5 Å². The Hall–Kier alpha value is -2.83. The van der Waals surface area contributed by atoms with E-state index in [2.05, 4.69) is 11.4 Å². The van der Waals surface area contributed by atoms with Crippen LogP contribution in [0.25, 0.3) is 5.69 Å². The van der Waals surface area contributed by atoms with Crippen LogP contribution in [0.5, 0.6) is 5.75 Å². The standard InChI is InChI=1S/C22H28N4O4S/c1-5-25(18-10-11-31(28,29)14-18)13-21(27)24-22-20(12-23)15(2)16(3)26(22)17-6-8-19(30-4)9-7-17/h6-9,18H,5,10-11,13-14H2,1-4H3,(H,24,27)/t18-/m1/s1. The van der Waals surface area contributed by atoms with Crippen molar-refractivity contribution in [2.24, 2.45) is 0 Å². The minimum Gasteiger partial charge on any atom is -0.497 e. The third-order valence-corrected chi connectivity index (χ3v) is 7.64. The molecule has 1 aromatic heterocycles. The number of carbonyl (C=O) groups is 1. The van der Waals surface area contributed by atoms with Crippen molar-refractivity contribution in [2.75, 3.05) is 37.0 Å². The van der Waals surface area contributed by atoms with Crippen molar-refractivity contribution in [2.45, 2.75) is 33.2 Å². The maximum atomic E-state index is 12.9. The number of methoxy groups -OCH3 is 1. The van der Waals surface area contributed by atoms with Crippen LogP contribution in [0.4, 0.5) is 5.82 Å². The first kappa shape index (κ1) is 22.8. The summed E-state index contributed by atoms with van der Waals surface area (Å²) in [7, 11) is -1.45. The van der Waals surface area contributed by atoms with Gasteiger partial charge in [0.15, 0.2) is 9.84 Å². The number of nitrogens with zero attached hydrogens (tertiary/aromatic N) is 3. The smallest absolute Gasteiger partial charge is 0.239 e. The molecule has 0 aliphatic carbocycles. The van der Waals surface area contributed by atoms with Crippen molar-refractivity contribution < 1.29 is 17.9 Å². The SMILES string of the molecule is CCN(CC(=O)Nc1c(C#N)c(C)c(C)n1-c1ccc(OC)cc1)[C@@H]1CCS(=O)(=O)C1. The summed E-state index contributed by atoms with van der Waals surface area (Å²) in [5.74, 6) is 1.09. The maximum absolute atomic E-state index is 12.9. The van der Waals surface area contributed by atoms with Crippen LogP contribution < -0.4 is 10.1 Å². The number of amides is 1. The summed E-state index contributed by atoms with van der Waals surface area (Å²) in [6.07, 6.45) is 0.535. The summed E-state index contributed by atoms with van der Waals surface area (Å²) < 4.78 is 30.7. The zero-order valence-electron chi connectivity index (χ0n) is 18.3. The molecule has 1 aliphatic rings. The number of hydrogen-bond donors (Lipinski definition) is 1. The van der Waals surface area contributed by atoms with Crippen molar-refractivity contribution >= 4 is 21.6 Å². The Morgan fingerprint density at radius 2 is 2.00 bits per heavy atom. The van der Waals surface area contributed by atoms with E-state index in [4.69, 9.17) is 4.74 Å². The molecule has 166 valence electrons. The van der Waals surface area contributed by atoms with Gasteiger partial charge in [-0.15, -0.1) is 0 Å². The molecule has 1 amide bonds. The lowest BCUT2D eigenvalue weighted by atomic mass is 10.2. The van der Waals surface area contributed by atoms with Crippen LogP contribution in [-0.2, 0) is 14.6 Å². The molecular formula is C22H28N4O4S. The van der Waals surface area contributed by atoms with Crippen LogP contribution in [0.2, 0.25) is 0 Å². The number of anilines is 1. The van der Waals surface area contributed by atoms with Crippen molar-refractivity contribution in [3.05, 3.63) is 41.1 Å². The molecule has 0 radical (unpaired) electrons. The second-order valence-electron chi connectivity index (χ2n) is 7.75. The van der Waals surface area contributed by atoms with Crippen LogP contribution in [0.15, 0.2) is 24.3 Å².